The summed E-state index contributed by atoms with van der Waals surface area (Å²) in [6.45, 7) is 37.3. The monoisotopic (exact) mass is 1370 g/mol. The van der Waals surface area contributed by atoms with E-state index in [0.717, 1.165) is 139 Å². The summed E-state index contributed by atoms with van der Waals surface area (Å²) < 4.78 is 13.0. The predicted octanol–water partition coefficient (Wildman–Crippen LogP) is 25.4. The minimum Gasteiger partial charge on any atom is -0.399 e. The van der Waals surface area contributed by atoms with Crippen LogP contribution in [0.15, 0.2) is 279 Å². The molecule has 1 fully saturated rings. The molecule has 6 heteroatoms. The van der Waals surface area contributed by atoms with E-state index in [-0.39, 0.29) is 32.5 Å². The zero-order valence-electron chi connectivity index (χ0n) is 63.8. The molecule has 3 aliphatic rings. The van der Waals surface area contributed by atoms with Gasteiger partial charge in [-0.05, 0) is 232 Å². The van der Waals surface area contributed by atoms with Gasteiger partial charge in [-0.25, -0.2) is 0 Å². The molecule has 105 heavy (non-hydrogen) atoms. The molecule has 1 aliphatic heterocycles. The largest absolute Gasteiger partial charge is 0.494 e. The third-order valence-electron chi connectivity index (χ3n) is 26.7. The first kappa shape index (κ1) is 69.0. The van der Waals surface area contributed by atoms with Gasteiger partial charge in [-0.1, -0.05) is 283 Å². The van der Waals surface area contributed by atoms with Gasteiger partial charge in [0, 0.05) is 52.0 Å². The van der Waals surface area contributed by atoms with Crippen LogP contribution < -0.4 is 5.46 Å². The average molecular weight is 1370 g/mol. The van der Waals surface area contributed by atoms with Crippen molar-refractivity contribution in [2.24, 2.45) is 10.8 Å². The van der Waals surface area contributed by atoms with E-state index in [1.807, 2.05) is 0 Å². The maximum absolute atomic E-state index is 6.48. The fraction of sp³-hybridized carbons (Fsp3) is 0.242. The lowest BCUT2D eigenvalue weighted by Crippen LogP contribution is -2.42. The fourth-order valence-corrected chi connectivity index (χ4v) is 17.2. The van der Waals surface area contributed by atoms with Crippen molar-refractivity contribution in [3.8, 4) is 134 Å². The summed E-state index contributed by atoms with van der Waals surface area (Å²) >= 11 is 0. The highest BCUT2D eigenvalue weighted by molar-refractivity contribution is 6.62. The van der Waals surface area contributed by atoms with Crippen LogP contribution in [0.4, 0.5) is 0 Å². The molecule has 0 bridgehead atoms. The summed E-state index contributed by atoms with van der Waals surface area (Å²) in [7, 11) is -0.445. The molecule has 5 nitrogen and oxygen atoms in total. The Balaban J connectivity index is 0.792. The van der Waals surface area contributed by atoms with Gasteiger partial charge < -0.3 is 9.31 Å². The Kier molecular flexibility index (Phi) is 16.6. The molecule has 16 rings (SSSR count). The van der Waals surface area contributed by atoms with E-state index in [4.69, 9.17) is 24.3 Å². The molecule has 0 saturated carbocycles. The summed E-state index contributed by atoms with van der Waals surface area (Å²) in [5.74, 6) is 0. The second kappa shape index (κ2) is 25.2. The summed E-state index contributed by atoms with van der Waals surface area (Å²) in [5, 5.41) is 0. The maximum Gasteiger partial charge on any atom is 0.494 e. The maximum atomic E-state index is 6.48. The number of pyridine rings is 3. The number of fused-ring (bicyclic) bond motifs is 2. The first-order valence-corrected chi connectivity index (χ1v) is 37.4. The van der Waals surface area contributed by atoms with Gasteiger partial charge in [0.15, 0.2) is 0 Å². The van der Waals surface area contributed by atoms with Crippen molar-refractivity contribution in [2.75, 3.05) is 0 Å². The van der Waals surface area contributed by atoms with Crippen LogP contribution in [0.5, 0.6) is 0 Å². The molecular weight excluding hydrogens is 1270 g/mol. The Bertz CT molecular complexity index is 5350. The lowest BCUT2D eigenvalue weighted by atomic mass is 9.59. The van der Waals surface area contributed by atoms with Crippen LogP contribution in [0, 0.1) is 10.8 Å². The van der Waals surface area contributed by atoms with Gasteiger partial charge >= 0.3 is 7.12 Å². The molecule has 0 unspecified atom stereocenters. The van der Waals surface area contributed by atoms with Crippen LogP contribution in [0.3, 0.4) is 0 Å². The Morgan fingerprint density at radius 1 is 0.219 bits per heavy atom. The minimum atomic E-state index is -0.445. The molecule has 13 aromatic rings. The lowest BCUT2D eigenvalue weighted by molar-refractivity contribution is 0.00578. The second-order valence-electron chi connectivity index (χ2n) is 33.9. The first-order valence-electron chi connectivity index (χ1n) is 37.4. The number of nitrogens with zero attached hydrogens (tertiary/aromatic N) is 3. The summed E-state index contributed by atoms with van der Waals surface area (Å²) in [6, 6.07) is 95.9. The highest BCUT2D eigenvalue weighted by atomic mass is 16.7. The van der Waals surface area contributed by atoms with Crippen LogP contribution in [-0.4, -0.2) is 33.3 Å². The quantitative estimate of drug-likeness (QED) is 0.108. The van der Waals surface area contributed by atoms with E-state index in [1.54, 1.807) is 0 Å². The Labute approximate surface area is 623 Å². The summed E-state index contributed by atoms with van der Waals surface area (Å²) in [5.41, 5.74) is 31.8. The molecule has 3 aromatic heterocycles. The standard InChI is InChI=1S/C99H94BN3O2/c1-92(2)85-47-43-69(57-87(85)94(5,6)96(92,9)10)89-49-45-71(60-101-89)77-37-20-22-39-79(77)73-53-74(80-40-23-21-38-78(80)72-46-50-90(102-61-72)70-44-48-86-88(58-70)95(7,8)97(11,12)93(86,3)4)55-75(54-73)81-41-24-25-42-82(81)84-62-103-91(59-83(84)63-29-18-17-19-30-63)68-35-27-33-66(52-68)64-31-26-32-65(51-64)67-34-28-36-76(56-67)100-104-98(13,14)99(15,16)105-100/h17-62H,1-16H3. The van der Waals surface area contributed by atoms with Gasteiger partial charge in [0.05, 0.1) is 28.3 Å². The van der Waals surface area contributed by atoms with Gasteiger partial charge in [0.2, 0.25) is 0 Å². The molecule has 1 saturated heterocycles. The molecule has 0 atom stereocenters. The molecule has 10 aromatic carbocycles. The third-order valence-corrected chi connectivity index (χ3v) is 26.7. The molecule has 0 radical (unpaired) electrons. The van der Waals surface area contributed by atoms with Crippen molar-refractivity contribution in [3.63, 3.8) is 0 Å². The fourth-order valence-electron chi connectivity index (χ4n) is 17.2. The van der Waals surface area contributed by atoms with Crippen LogP contribution in [-0.2, 0) is 31.0 Å². The van der Waals surface area contributed by atoms with Crippen molar-refractivity contribution in [1.29, 1.82) is 0 Å². The van der Waals surface area contributed by atoms with Crippen molar-refractivity contribution < 1.29 is 9.31 Å². The van der Waals surface area contributed by atoms with Crippen molar-refractivity contribution in [1.82, 2.24) is 15.0 Å². The zero-order valence-corrected chi connectivity index (χ0v) is 63.8. The smallest absolute Gasteiger partial charge is 0.399 e. The van der Waals surface area contributed by atoms with E-state index >= 15 is 0 Å². The molecule has 0 N–H and O–H groups in total. The van der Waals surface area contributed by atoms with Crippen molar-refractivity contribution in [3.05, 3.63) is 302 Å². The van der Waals surface area contributed by atoms with Crippen LogP contribution in [0.2, 0.25) is 0 Å². The topological polar surface area (TPSA) is 57.1 Å². The van der Waals surface area contributed by atoms with E-state index < -0.39 is 18.3 Å². The number of hydrogen-bond donors (Lipinski definition) is 0. The second-order valence-corrected chi connectivity index (χ2v) is 33.9. The van der Waals surface area contributed by atoms with Gasteiger partial charge in [-0.15, -0.1) is 0 Å². The zero-order chi connectivity index (χ0) is 73.4. The molecule has 520 valence electrons. The molecule has 4 heterocycles. The van der Waals surface area contributed by atoms with Crippen LogP contribution in [0.1, 0.15) is 133 Å². The van der Waals surface area contributed by atoms with E-state index in [2.05, 4.69) is 390 Å². The SMILES string of the molecule is CC1(C)OB(c2cccc(-c3cccc(-c4cccc(-c5cc(-c6ccccc6)c(-c6ccccc6-c6cc(-c7ccccc7-c7ccc(-c8ccc9c(c8)C(C)(C)C(C)(C)C9(C)C)nc7)cc(-c7ccccc7-c7ccc(-c8ccc9c(c8)C(C)(C)C(C)(C)C9(C)C)nc7)c6)cn5)c4)c3)c2)OC1(C)C. The average Bonchev–Trinajstić information content (AvgIpc) is 1.55. The van der Waals surface area contributed by atoms with Gasteiger partial charge in [0.1, 0.15) is 0 Å². The highest BCUT2D eigenvalue weighted by Gasteiger charge is 2.58. The molecule has 0 amide bonds. The normalized spacial score (nSPS) is 17.3. The molecular formula is C99H94BN3O2. The van der Waals surface area contributed by atoms with Gasteiger partial charge in [-0.2, -0.15) is 0 Å². The first-order chi connectivity index (χ1) is 50.0. The van der Waals surface area contributed by atoms with Crippen molar-refractivity contribution >= 4 is 12.6 Å². The Hall–Kier alpha value is -10.4. The van der Waals surface area contributed by atoms with E-state index in [9.17, 15) is 0 Å². The highest BCUT2D eigenvalue weighted by Crippen LogP contribution is 2.63. The molecule has 2 aliphatic carbocycles. The number of rotatable bonds is 13. The van der Waals surface area contributed by atoms with Crippen LogP contribution in [0.25, 0.3) is 134 Å². The third kappa shape index (κ3) is 11.4. The summed E-state index contributed by atoms with van der Waals surface area (Å²) in [4.78, 5) is 16.0. The van der Waals surface area contributed by atoms with E-state index in [1.165, 1.54) is 22.3 Å². The molecule has 0 spiro atoms. The lowest BCUT2D eigenvalue weighted by Gasteiger charge is -2.44. The predicted molar refractivity (Wildman–Crippen MR) is 440 cm³/mol. The van der Waals surface area contributed by atoms with Gasteiger partial charge in [-0.3, -0.25) is 15.0 Å². The minimum absolute atomic E-state index is 0.0178. The Morgan fingerprint density at radius 2 is 0.552 bits per heavy atom. The number of aromatic nitrogens is 3. The van der Waals surface area contributed by atoms with Crippen molar-refractivity contribution in [2.45, 2.75) is 144 Å². The van der Waals surface area contributed by atoms with E-state index in [0.29, 0.717) is 0 Å². The van der Waals surface area contributed by atoms with Gasteiger partial charge in [0.25, 0.3) is 0 Å². The Morgan fingerprint density at radius 3 is 1.00 bits per heavy atom. The number of benzene rings is 10. The van der Waals surface area contributed by atoms with Crippen LogP contribution >= 0.6 is 0 Å². The number of hydrogen-bond acceptors (Lipinski definition) is 5. The summed E-state index contributed by atoms with van der Waals surface area (Å²) in [6.07, 6.45) is 6.23.